The molecule has 274 valence electrons. The van der Waals surface area contributed by atoms with E-state index in [1.807, 2.05) is 30.3 Å². The van der Waals surface area contributed by atoms with Crippen LogP contribution in [0.15, 0.2) is 115 Å². The van der Waals surface area contributed by atoms with E-state index in [2.05, 4.69) is 26.3 Å². The minimum atomic E-state index is -1.30. The van der Waals surface area contributed by atoms with Crippen LogP contribution in [0.1, 0.15) is 22.3 Å². The maximum atomic E-state index is 14.2. The van der Waals surface area contributed by atoms with Gasteiger partial charge in [-0.15, -0.1) is 0 Å². The second-order valence-electron chi connectivity index (χ2n) is 12.7. The van der Waals surface area contributed by atoms with Crippen molar-refractivity contribution in [1.29, 1.82) is 0 Å². The van der Waals surface area contributed by atoms with E-state index in [0.717, 1.165) is 16.5 Å². The van der Waals surface area contributed by atoms with E-state index in [0.29, 0.717) is 16.7 Å². The van der Waals surface area contributed by atoms with Gasteiger partial charge >= 0.3 is 5.97 Å². The summed E-state index contributed by atoms with van der Waals surface area (Å²) in [5.41, 5.74) is 9.08. The van der Waals surface area contributed by atoms with Crippen molar-refractivity contribution in [3.05, 3.63) is 138 Å². The summed E-state index contributed by atoms with van der Waals surface area (Å²) >= 11 is 0. The number of aliphatic carboxylic acids is 1. The minimum absolute atomic E-state index is 0.00478. The summed E-state index contributed by atoms with van der Waals surface area (Å²) in [5, 5.41) is 31.5. The zero-order valence-electron chi connectivity index (χ0n) is 28.8. The third-order valence-electron chi connectivity index (χ3n) is 8.76. The molecule has 0 aliphatic carbocycles. The first-order valence-electron chi connectivity index (χ1n) is 17.1. The lowest BCUT2D eigenvalue weighted by Gasteiger charge is -2.26. The highest BCUT2D eigenvalue weighted by Gasteiger charge is 2.32. The Kier molecular flexibility index (Phi) is 12.9. The number of H-pyrrole nitrogens is 1. The minimum Gasteiger partial charge on any atom is -0.508 e. The molecule has 0 aliphatic heterocycles. The van der Waals surface area contributed by atoms with Gasteiger partial charge in [-0.1, -0.05) is 91.0 Å². The molecule has 0 saturated carbocycles. The first-order chi connectivity index (χ1) is 25.6. The molecule has 4 amide bonds. The van der Waals surface area contributed by atoms with Crippen LogP contribution >= 0.6 is 0 Å². The SMILES string of the molecule is NCC(=O)NC(Cc1ccccc1)C(=O)NC(Cc1ccc(O)cc1)C(=O)NC(Cc1c[nH]c2ccccc12)C(=O)NC(Cc1ccccc1)C(=O)O. The van der Waals surface area contributed by atoms with Crippen molar-refractivity contribution < 1.29 is 34.2 Å². The average molecular weight is 719 g/mol. The van der Waals surface area contributed by atoms with Crippen molar-refractivity contribution in [3.63, 3.8) is 0 Å². The normalized spacial score (nSPS) is 13.2. The highest BCUT2D eigenvalue weighted by atomic mass is 16.4. The van der Waals surface area contributed by atoms with Crippen LogP contribution in [0.5, 0.6) is 5.75 Å². The number of carboxylic acid groups (broad SMARTS) is 1. The van der Waals surface area contributed by atoms with Crippen molar-refractivity contribution in [2.45, 2.75) is 49.9 Å². The fourth-order valence-corrected chi connectivity index (χ4v) is 5.99. The number of para-hydroxylation sites is 1. The van der Waals surface area contributed by atoms with Gasteiger partial charge < -0.3 is 42.2 Å². The maximum Gasteiger partial charge on any atom is 0.326 e. The Morgan fingerprint density at radius 3 is 1.57 bits per heavy atom. The lowest BCUT2D eigenvalue weighted by molar-refractivity contribution is -0.142. The predicted molar refractivity (Wildman–Crippen MR) is 199 cm³/mol. The van der Waals surface area contributed by atoms with Crippen LogP contribution in [0.25, 0.3) is 10.9 Å². The number of carboxylic acids is 1. The molecule has 0 spiro atoms. The molecular formula is C40H42N6O7. The fraction of sp³-hybridized carbons (Fsp3) is 0.225. The molecule has 4 atom stereocenters. The molecule has 1 aromatic heterocycles. The van der Waals surface area contributed by atoms with Gasteiger partial charge in [0, 0.05) is 42.8 Å². The van der Waals surface area contributed by atoms with Crippen LogP contribution < -0.4 is 27.0 Å². The summed E-state index contributed by atoms with van der Waals surface area (Å²) < 4.78 is 0. The highest BCUT2D eigenvalue weighted by Crippen LogP contribution is 2.20. The first-order valence-corrected chi connectivity index (χ1v) is 17.1. The second kappa shape index (κ2) is 18.1. The Hall–Kier alpha value is -6.47. The number of rotatable bonds is 17. The number of aromatic hydroxyl groups is 1. The number of hydrogen-bond donors (Lipinski definition) is 8. The standard InChI is InChI=1S/C40H42N6O7/c41-23-36(48)43-32(19-25-9-3-1-4-10-25)37(49)44-33(20-27-15-17-29(47)18-16-27)38(50)45-34(22-28-24-42-31-14-8-7-13-30(28)31)39(51)46-35(40(52)53)21-26-11-5-2-6-12-26/h1-18,24,32-35,42,47H,19-23,41H2,(H,43,48)(H,44,49)(H,45,50)(H,46,51)(H,52,53). The van der Waals surface area contributed by atoms with Gasteiger partial charge in [0.05, 0.1) is 6.54 Å². The molecule has 53 heavy (non-hydrogen) atoms. The summed E-state index contributed by atoms with van der Waals surface area (Å²) in [5.74, 6) is -3.95. The molecule has 4 unspecified atom stereocenters. The summed E-state index contributed by atoms with van der Waals surface area (Å²) in [7, 11) is 0. The number of hydrogen-bond acceptors (Lipinski definition) is 7. The van der Waals surface area contributed by atoms with Crippen LogP contribution in [0, 0.1) is 0 Å². The number of nitrogens with two attached hydrogens (primary N) is 1. The zero-order chi connectivity index (χ0) is 37.7. The molecule has 0 fully saturated rings. The van der Waals surface area contributed by atoms with Gasteiger partial charge in [-0.05, 0) is 40.5 Å². The molecule has 9 N–H and O–H groups in total. The maximum absolute atomic E-state index is 14.2. The van der Waals surface area contributed by atoms with E-state index in [9.17, 15) is 34.2 Å². The number of nitrogens with one attached hydrogen (secondary N) is 5. The molecule has 0 bridgehead atoms. The summed E-state index contributed by atoms with van der Waals surface area (Å²) in [4.78, 5) is 69.9. The molecule has 0 aliphatic rings. The zero-order valence-corrected chi connectivity index (χ0v) is 28.8. The predicted octanol–water partition coefficient (Wildman–Crippen LogP) is 2.13. The van der Waals surface area contributed by atoms with Gasteiger partial charge in [-0.25, -0.2) is 4.79 Å². The fourth-order valence-electron chi connectivity index (χ4n) is 5.99. The van der Waals surface area contributed by atoms with Crippen LogP contribution in [0.4, 0.5) is 0 Å². The molecule has 4 aromatic carbocycles. The Balaban J connectivity index is 1.43. The average Bonchev–Trinajstić information content (AvgIpc) is 3.57. The molecule has 13 heteroatoms. The highest BCUT2D eigenvalue weighted by molar-refractivity contribution is 5.96. The number of carbonyl (C=O) groups is 5. The van der Waals surface area contributed by atoms with Gasteiger partial charge in [0.25, 0.3) is 0 Å². The smallest absolute Gasteiger partial charge is 0.326 e. The van der Waals surface area contributed by atoms with Crippen LogP contribution in [-0.2, 0) is 49.7 Å². The van der Waals surface area contributed by atoms with Crippen molar-refractivity contribution in [2.24, 2.45) is 5.73 Å². The number of benzene rings is 4. The van der Waals surface area contributed by atoms with Crippen molar-refractivity contribution in [1.82, 2.24) is 26.3 Å². The van der Waals surface area contributed by atoms with Gasteiger partial charge in [-0.3, -0.25) is 19.2 Å². The number of aromatic amines is 1. The Labute approximate surface area is 306 Å². The summed E-state index contributed by atoms with van der Waals surface area (Å²) in [6.45, 7) is -0.359. The van der Waals surface area contributed by atoms with Crippen molar-refractivity contribution in [3.8, 4) is 5.75 Å². The van der Waals surface area contributed by atoms with E-state index in [1.165, 1.54) is 12.1 Å². The Morgan fingerprint density at radius 2 is 1.02 bits per heavy atom. The summed E-state index contributed by atoms with van der Waals surface area (Å²) in [6, 6.07) is 26.4. The number of fused-ring (bicyclic) bond motifs is 1. The lowest BCUT2D eigenvalue weighted by Crippen LogP contribution is -2.59. The topological polar surface area (TPSA) is 216 Å². The first kappa shape index (κ1) is 37.8. The van der Waals surface area contributed by atoms with Crippen LogP contribution in [-0.4, -0.2) is 75.5 Å². The number of aromatic nitrogens is 1. The van der Waals surface area contributed by atoms with Gasteiger partial charge in [0.15, 0.2) is 0 Å². The van der Waals surface area contributed by atoms with E-state index >= 15 is 0 Å². The monoisotopic (exact) mass is 718 g/mol. The molecular weight excluding hydrogens is 676 g/mol. The van der Waals surface area contributed by atoms with Gasteiger partial charge in [0.2, 0.25) is 23.6 Å². The summed E-state index contributed by atoms with van der Waals surface area (Å²) in [6.07, 6.45) is 1.78. The molecule has 1 heterocycles. The molecule has 5 aromatic rings. The van der Waals surface area contributed by atoms with Crippen LogP contribution in [0.3, 0.4) is 0 Å². The van der Waals surface area contributed by atoms with E-state index < -0.39 is 53.8 Å². The van der Waals surface area contributed by atoms with Gasteiger partial charge in [0.1, 0.15) is 29.9 Å². The number of carbonyl (C=O) groups excluding carboxylic acids is 4. The van der Waals surface area contributed by atoms with Gasteiger partial charge in [-0.2, -0.15) is 0 Å². The molecule has 0 saturated heterocycles. The quantitative estimate of drug-likeness (QED) is 0.0711. The van der Waals surface area contributed by atoms with E-state index in [-0.39, 0.29) is 38.0 Å². The third kappa shape index (κ3) is 10.8. The molecule has 0 radical (unpaired) electrons. The van der Waals surface area contributed by atoms with E-state index in [4.69, 9.17) is 5.73 Å². The number of phenols is 1. The second-order valence-corrected chi connectivity index (χ2v) is 12.7. The molecule has 13 nitrogen and oxygen atoms in total. The number of phenolic OH excluding ortho intramolecular Hbond substituents is 1. The number of amides is 4. The molecule has 5 rings (SSSR count). The third-order valence-corrected chi connectivity index (χ3v) is 8.76. The lowest BCUT2D eigenvalue weighted by atomic mass is 10.00. The Morgan fingerprint density at radius 1 is 0.566 bits per heavy atom. The van der Waals surface area contributed by atoms with Crippen molar-refractivity contribution in [2.75, 3.05) is 6.54 Å². The Bertz CT molecular complexity index is 2020. The largest absolute Gasteiger partial charge is 0.508 e. The van der Waals surface area contributed by atoms with E-state index in [1.54, 1.807) is 72.9 Å². The van der Waals surface area contributed by atoms with Crippen LogP contribution in [0.2, 0.25) is 0 Å². The van der Waals surface area contributed by atoms with Crippen molar-refractivity contribution >= 4 is 40.5 Å².